The lowest BCUT2D eigenvalue weighted by molar-refractivity contribution is -0.156. The van der Waals surface area contributed by atoms with Gasteiger partial charge in [-0.05, 0) is 13.0 Å². The molecular weight excluding hydrogens is 158 g/mol. The minimum atomic E-state index is -0.0645. The van der Waals surface area contributed by atoms with Crippen LogP contribution in [0.1, 0.15) is 13.3 Å². The van der Waals surface area contributed by atoms with Gasteiger partial charge >= 0.3 is 0 Å². The Kier molecular flexibility index (Phi) is 1.58. The van der Waals surface area contributed by atoms with E-state index in [1.54, 1.807) is 11.0 Å². The molecular formula is C8H11NO3. The van der Waals surface area contributed by atoms with Gasteiger partial charge in [0.05, 0.1) is 19.1 Å². The molecule has 2 fully saturated rings. The molecule has 2 saturated heterocycles. The van der Waals surface area contributed by atoms with Crippen LogP contribution in [0.25, 0.3) is 0 Å². The molecule has 0 aromatic carbocycles. The number of nitrogens with zero attached hydrogens (tertiary/aromatic N) is 1. The fourth-order valence-corrected chi connectivity index (χ4v) is 1.67. The van der Waals surface area contributed by atoms with Crippen LogP contribution in [-0.2, 0) is 9.53 Å². The van der Waals surface area contributed by atoms with E-state index in [2.05, 4.69) is 0 Å². The van der Waals surface area contributed by atoms with Crippen LogP contribution in [0.3, 0.4) is 0 Å². The number of rotatable bonds is 1. The van der Waals surface area contributed by atoms with Crippen LogP contribution in [0, 0.1) is 0 Å². The van der Waals surface area contributed by atoms with Gasteiger partial charge in [-0.1, -0.05) is 0 Å². The lowest BCUT2D eigenvalue weighted by Gasteiger charge is -2.33. The highest BCUT2D eigenvalue weighted by Crippen LogP contribution is 2.35. The predicted molar refractivity (Wildman–Crippen MR) is 41.0 cm³/mol. The van der Waals surface area contributed by atoms with Crippen LogP contribution in [0.5, 0.6) is 0 Å². The number of carbonyl (C=O) groups excluding carboxylic acids is 1. The zero-order chi connectivity index (χ0) is 8.72. The Hall–Kier alpha value is -1.03. The van der Waals surface area contributed by atoms with Gasteiger partial charge in [0.1, 0.15) is 5.76 Å². The normalized spacial score (nSPS) is 36.3. The van der Waals surface area contributed by atoms with E-state index in [9.17, 15) is 4.79 Å². The maximum absolute atomic E-state index is 11.0. The number of carbonyl (C=O) groups is 1. The number of hydrogen-bond acceptors (Lipinski definition) is 3. The summed E-state index contributed by atoms with van der Waals surface area (Å²) >= 11 is 0. The molecule has 2 heterocycles. The maximum atomic E-state index is 11.0. The van der Waals surface area contributed by atoms with E-state index in [1.165, 1.54) is 0 Å². The van der Waals surface area contributed by atoms with Gasteiger partial charge in [-0.25, -0.2) is 0 Å². The Bertz CT molecular complexity index is 249. The number of aliphatic hydroxyl groups is 1. The van der Waals surface area contributed by atoms with Gasteiger partial charge in [-0.15, -0.1) is 0 Å². The summed E-state index contributed by atoms with van der Waals surface area (Å²) in [5.41, 5.74) is 0. The van der Waals surface area contributed by atoms with Gasteiger partial charge in [0, 0.05) is 0 Å². The van der Waals surface area contributed by atoms with E-state index in [-0.39, 0.29) is 24.8 Å². The van der Waals surface area contributed by atoms with Crippen LogP contribution < -0.4 is 0 Å². The van der Waals surface area contributed by atoms with E-state index in [0.717, 1.165) is 0 Å². The number of hydrogen-bond donors (Lipinski definition) is 1. The predicted octanol–water partition coefficient (Wildman–Crippen LogP) is -0.160. The summed E-state index contributed by atoms with van der Waals surface area (Å²) in [7, 11) is 0. The Morgan fingerprint density at radius 2 is 2.58 bits per heavy atom. The summed E-state index contributed by atoms with van der Waals surface area (Å²) in [6, 6.07) is 0.00315. The summed E-state index contributed by atoms with van der Waals surface area (Å²) in [5, 5.41) is 8.64. The maximum Gasteiger partial charge on any atom is 0.231 e. The average Bonchev–Trinajstić information content (AvgIpc) is 2.24. The van der Waals surface area contributed by atoms with E-state index >= 15 is 0 Å². The molecule has 0 spiro atoms. The van der Waals surface area contributed by atoms with Crippen LogP contribution in [-0.4, -0.2) is 34.8 Å². The standard InChI is InChI=1S/C8H11NO3/c1-5-6(2-3-10)12-8-4-7(11)9(5)8/h2,5,8,10H,3-4H2,1H3/b6-2-/t5-,8+/m0/s1. The minimum absolute atomic E-state index is 0.00315. The largest absolute Gasteiger partial charge is 0.472 e. The molecule has 4 nitrogen and oxygen atoms in total. The minimum Gasteiger partial charge on any atom is -0.472 e. The lowest BCUT2D eigenvalue weighted by atomic mass is 10.1. The molecule has 2 rings (SSSR count). The molecule has 2 atom stereocenters. The molecule has 0 bridgehead atoms. The van der Waals surface area contributed by atoms with Crippen molar-refractivity contribution >= 4 is 5.91 Å². The third-order valence-electron chi connectivity index (χ3n) is 2.34. The molecule has 1 amide bonds. The molecule has 0 aromatic rings. The first kappa shape index (κ1) is 7.61. The van der Waals surface area contributed by atoms with Gasteiger partial charge in [-0.3, -0.25) is 9.69 Å². The third kappa shape index (κ3) is 0.845. The van der Waals surface area contributed by atoms with E-state index in [4.69, 9.17) is 9.84 Å². The van der Waals surface area contributed by atoms with Crippen molar-refractivity contribution in [3.05, 3.63) is 11.8 Å². The van der Waals surface area contributed by atoms with Crippen LogP contribution in [0.2, 0.25) is 0 Å². The van der Waals surface area contributed by atoms with Gasteiger partial charge in [0.25, 0.3) is 0 Å². The van der Waals surface area contributed by atoms with Crippen molar-refractivity contribution in [1.82, 2.24) is 4.90 Å². The molecule has 0 aliphatic carbocycles. The molecule has 4 heteroatoms. The van der Waals surface area contributed by atoms with Crippen LogP contribution in [0.4, 0.5) is 0 Å². The summed E-state index contributed by atoms with van der Waals surface area (Å²) < 4.78 is 5.39. The molecule has 0 saturated carbocycles. The quantitative estimate of drug-likeness (QED) is 0.555. The topological polar surface area (TPSA) is 49.8 Å². The van der Waals surface area contributed by atoms with Crippen molar-refractivity contribution in [1.29, 1.82) is 0 Å². The second-order valence-corrected chi connectivity index (χ2v) is 3.04. The number of ether oxygens (including phenoxy) is 1. The molecule has 0 aromatic heterocycles. The van der Waals surface area contributed by atoms with Crippen molar-refractivity contribution in [3.63, 3.8) is 0 Å². The third-order valence-corrected chi connectivity index (χ3v) is 2.34. The Morgan fingerprint density at radius 3 is 3.08 bits per heavy atom. The van der Waals surface area contributed by atoms with E-state index < -0.39 is 0 Å². The Morgan fingerprint density at radius 1 is 1.83 bits per heavy atom. The second-order valence-electron chi connectivity index (χ2n) is 3.04. The zero-order valence-corrected chi connectivity index (χ0v) is 6.86. The molecule has 12 heavy (non-hydrogen) atoms. The van der Waals surface area contributed by atoms with Crippen LogP contribution in [0.15, 0.2) is 11.8 Å². The summed E-state index contributed by atoms with van der Waals surface area (Å²) in [6.45, 7) is 1.87. The zero-order valence-electron chi connectivity index (χ0n) is 6.86. The van der Waals surface area contributed by atoms with Gasteiger partial charge in [0.15, 0.2) is 6.23 Å². The molecule has 2 aliphatic heterocycles. The number of aliphatic hydroxyl groups excluding tert-OH is 1. The van der Waals surface area contributed by atoms with Crippen molar-refractivity contribution in [2.24, 2.45) is 0 Å². The molecule has 0 radical (unpaired) electrons. The number of β-lactam (4-membered cyclic amide) rings is 1. The molecule has 0 unspecified atom stereocenters. The number of amides is 1. The van der Waals surface area contributed by atoms with E-state index in [0.29, 0.717) is 12.2 Å². The first-order valence-corrected chi connectivity index (χ1v) is 4.02. The molecule has 2 aliphatic rings. The van der Waals surface area contributed by atoms with Gasteiger partial charge < -0.3 is 9.84 Å². The Labute approximate surface area is 70.4 Å². The summed E-state index contributed by atoms with van der Waals surface area (Å²) in [5.74, 6) is 0.849. The smallest absolute Gasteiger partial charge is 0.231 e. The highest BCUT2D eigenvalue weighted by Gasteiger charge is 2.48. The molecule has 66 valence electrons. The number of fused-ring (bicyclic) bond motifs is 1. The highest BCUT2D eigenvalue weighted by molar-refractivity contribution is 5.83. The first-order chi connectivity index (χ1) is 5.74. The monoisotopic (exact) mass is 169 g/mol. The van der Waals surface area contributed by atoms with Crippen molar-refractivity contribution in [2.75, 3.05) is 6.61 Å². The highest BCUT2D eigenvalue weighted by atomic mass is 16.5. The van der Waals surface area contributed by atoms with Gasteiger partial charge in [0.2, 0.25) is 5.91 Å². The fourth-order valence-electron chi connectivity index (χ4n) is 1.67. The van der Waals surface area contributed by atoms with Gasteiger partial charge in [-0.2, -0.15) is 0 Å². The Balaban J connectivity index is 2.15. The molecule has 1 N–H and O–H groups in total. The van der Waals surface area contributed by atoms with Crippen molar-refractivity contribution < 1.29 is 14.6 Å². The fraction of sp³-hybridized carbons (Fsp3) is 0.625. The SMILES string of the molecule is C[C@H]1/C(=C/CO)O[C@@H]2CC(=O)N21. The first-order valence-electron chi connectivity index (χ1n) is 4.02. The van der Waals surface area contributed by atoms with Crippen molar-refractivity contribution in [2.45, 2.75) is 25.6 Å². The van der Waals surface area contributed by atoms with E-state index in [1.807, 2.05) is 6.92 Å². The summed E-state index contributed by atoms with van der Waals surface area (Å²) in [4.78, 5) is 12.7. The lowest BCUT2D eigenvalue weighted by Crippen LogP contribution is -2.51. The second kappa shape index (κ2) is 2.48. The average molecular weight is 169 g/mol. The summed E-state index contributed by atoms with van der Waals surface area (Å²) in [6.07, 6.45) is 2.02. The van der Waals surface area contributed by atoms with Crippen LogP contribution >= 0.6 is 0 Å². The van der Waals surface area contributed by atoms with Crippen molar-refractivity contribution in [3.8, 4) is 0 Å².